The zero-order chi connectivity index (χ0) is 18.5. The second-order valence-electron chi connectivity index (χ2n) is 6.13. The van der Waals surface area contributed by atoms with Crippen LogP contribution in [-0.4, -0.2) is 29.9 Å². The number of thiophene rings is 1. The Kier molecular flexibility index (Phi) is 5.72. The van der Waals surface area contributed by atoms with Crippen molar-refractivity contribution < 1.29 is 23.5 Å². The molecular formula is C18H20N2O5S. The molecule has 0 bridgehead atoms. The monoisotopic (exact) mass is 376 g/mol. The average Bonchev–Trinajstić information content (AvgIpc) is 3.37. The first-order chi connectivity index (χ1) is 12.5. The number of esters is 1. The first kappa shape index (κ1) is 18.2. The third kappa shape index (κ3) is 4.51. The van der Waals surface area contributed by atoms with Crippen molar-refractivity contribution in [3.05, 3.63) is 41.2 Å². The molecular weight excluding hydrogens is 356 g/mol. The predicted octanol–water partition coefficient (Wildman–Crippen LogP) is 3.20. The highest BCUT2D eigenvalue weighted by atomic mass is 32.1. The van der Waals surface area contributed by atoms with Crippen LogP contribution in [-0.2, 0) is 9.53 Å². The second-order valence-corrected chi connectivity index (χ2v) is 7.22. The second kappa shape index (κ2) is 8.18. The lowest BCUT2D eigenvalue weighted by atomic mass is 10.2. The summed E-state index contributed by atoms with van der Waals surface area (Å²) >= 11 is 1.07. The van der Waals surface area contributed by atoms with Crippen molar-refractivity contribution in [3.8, 4) is 0 Å². The number of ether oxygens (including phenoxy) is 1. The Hall–Kier alpha value is -2.61. The van der Waals surface area contributed by atoms with Crippen LogP contribution in [0.2, 0.25) is 0 Å². The standard InChI is InChI=1S/C18H20N2O5S/c1-11(16(21)19-12-5-2-3-6-12)25-18(23)14-8-9-15(26-14)20-17(22)13-7-4-10-24-13/h4,7-12H,2-3,5-6H2,1H3,(H,19,21)(H,20,22). The molecule has 1 fully saturated rings. The van der Waals surface area contributed by atoms with Crippen LogP contribution in [0.15, 0.2) is 34.9 Å². The Labute approximate surface area is 154 Å². The van der Waals surface area contributed by atoms with Gasteiger partial charge in [-0.2, -0.15) is 0 Å². The third-order valence-electron chi connectivity index (χ3n) is 4.14. The van der Waals surface area contributed by atoms with Crippen LogP contribution < -0.4 is 10.6 Å². The van der Waals surface area contributed by atoms with Crippen molar-refractivity contribution in [1.29, 1.82) is 0 Å². The van der Waals surface area contributed by atoms with E-state index in [0.29, 0.717) is 9.88 Å². The highest BCUT2D eigenvalue weighted by Crippen LogP contribution is 2.24. The Bertz CT molecular complexity index is 777. The summed E-state index contributed by atoms with van der Waals surface area (Å²) in [4.78, 5) is 36.5. The molecule has 3 rings (SSSR count). The summed E-state index contributed by atoms with van der Waals surface area (Å²) < 4.78 is 10.2. The Balaban J connectivity index is 1.52. The van der Waals surface area contributed by atoms with Crippen molar-refractivity contribution >= 4 is 34.1 Å². The molecule has 1 saturated carbocycles. The smallest absolute Gasteiger partial charge is 0.349 e. The van der Waals surface area contributed by atoms with Gasteiger partial charge in [-0.15, -0.1) is 11.3 Å². The van der Waals surface area contributed by atoms with Crippen molar-refractivity contribution in [1.82, 2.24) is 5.32 Å². The molecule has 0 aromatic carbocycles. The van der Waals surface area contributed by atoms with Crippen molar-refractivity contribution in [2.45, 2.75) is 44.8 Å². The zero-order valence-electron chi connectivity index (χ0n) is 14.3. The van der Waals surface area contributed by atoms with Crippen molar-refractivity contribution in [3.63, 3.8) is 0 Å². The minimum Gasteiger partial charge on any atom is -0.459 e. The van der Waals surface area contributed by atoms with E-state index in [-0.39, 0.29) is 17.7 Å². The van der Waals surface area contributed by atoms with Crippen LogP contribution >= 0.6 is 11.3 Å². The molecule has 1 aliphatic rings. The van der Waals surface area contributed by atoms with E-state index in [1.807, 2.05) is 0 Å². The number of carbonyl (C=O) groups is 3. The summed E-state index contributed by atoms with van der Waals surface area (Å²) in [7, 11) is 0. The van der Waals surface area contributed by atoms with E-state index >= 15 is 0 Å². The number of nitrogens with one attached hydrogen (secondary N) is 2. The predicted molar refractivity (Wildman–Crippen MR) is 96.3 cm³/mol. The SMILES string of the molecule is CC(OC(=O)c1ccc(NC(=O)c2ccco2)s1)C(=O)NC1CCCC1. The van der Waals surface area contributed by atoms with Crippen LogP contribution in [0.5, 0.6) is 0 Å². The lowest BCUT2D eigenvalue weighted by Gasteiger charge is -2.16. The maximum atomic E-state index is 12.2. The molecule has 1 atom stereocenters. The molecule has 138 valence electrons. The molecule has 2 amide bonds. The van der Waals surface area contributed by atoms with Crippen LogP contribution in [0.25, 0.3) is 0 Å². The maximum Gasteiger partial charge on any atom is 0.349 e. The van der Waals surface area contributed by atoms with Gasteiger partial charge in [0, 0.05) is 6.04 Å². The van der Waals surface area contributed by atoms with Gasteiger partial charge in [0.1, 0.15) is 4.88 Å². The number of anilines is 1. The van der Waals surface area contributed by atoms with E-state index in [0.717, 1.165) is 37.0 Å². The van der Waals surface area contributed by atoms with Gasteiger partial charge in [0.05, 0.1) is 11.3 Å². The largest absolute Gasteiger partial charge is 0.459 e. The Morgan fingerprint density at radius 2 is 2.00 bits per heavy atom. The summed E-state index contributed by atoms with van der Waals surface area (Å²) in [6.07, 6.45) is 4.70. The molecule has 2 aromatic heterocycles. The van der Waals surface area contributed by atoms with Gasteiger partial charge >= 0.3 is 5.97 Å². The molecule has 2 N–H and O–H groups in total. The van der Waals surface area contributed by atoms with Crippen LogP contribution in [0.1, 0.15) is 52.8 Å². The first-order valence-corrected chi connectivity index (χ1v) is 9.30. The molecule has 0 radical (unpaired) electrons. The number of carbonyl (C=O) groups excluding carboxylic acids is 3. The molecule has 0 saturated heterocycles. The summed E-state index contributed by atoms with van der Waals surface area (Å²) in [6.45, 7) is 1.55. The van der Waals surface area contributed by atoms with Crippen LogP contribution in [0, 0.1) is 0 Å². The molecule has 2 heterocycles. The number of hydrogen-bond acceptors (Lipinski definition) is 6. The topological polar surface area (TPSA) is 97.6 Å². The quantitative estimate of drug-likeness (QED) is 0.755. The summed E-state index contributed by atoms with van der Waals surface area (Å²) in [5, 5.41) is 6.03. The van der Waals surface area contributed by atoms with Crippen LogP contribution in [0.4, 0.5) is 5.00 Å². The maximum absolute atomic E-state index is 12.2. The van der Waals surface area contributed by atoms with Gasteiger partial charge in [-0.05, 0) is 44.0 Å². The summed E-state index contributed by atoms with van der Waals surface area (Å²) in [6, 6.07) is 6.48. The minimum atomic E-state index is -0.869. The molecule has 1 unspecified atom stereocenters. The van der Waals surface area contributed by atoms with Gasteiger partial charge in [0.25, 0.3) is 11.8 Å². The lowest BCUT2D eigenvalue weighted by Crippen LogP contribution is -2.40. The Morgan fingerprint density at radius 3 is 2.69 bits per heavy atom. The molecule has 2 aromatic rings. The fourth-order valence-corrected chi connectivity index (χ4v) is 3.54. The van der Waals surface area contributed by atoms with E-state index in [9.17, 15) is 14.4 Å². The highest BCUT2D eigenvalue weighted by Gasteiger charge is 2.24. The lowest BCUT2D eigenvalue weighted by molar-refractivity contribution is -0.129. The van der Waals surface area contributed by atoms with E-state index in [1.165, 1.54) is 6.26 Å². The highest BCUT2D eigenvalue weighted by molar-refractivity contribution is 7.18. The fraction of sp³-hybridized carbons (Fsp3) is 0.389. The molecule has 1 aliphatic carbocycles. The summed E-state index contributed by atoms with van der Waals surface area (Å²) in [5.41, 5.74) is 0. The van der Waals surface area contributed by atoms with Gasteiger partial charge < -0.3 is 19.8 Å². The van der Waals surface area contributed by atoms with Gasteiger partial charge in [0.15, 0.2) is 11.9 Å². The Morgan fingerprint density at radius 1 is 1.23 bits per heavy atom. The number of furan rings is 1. The van der Waals surface area contributed by atoms with Gasteiger partial charge in [-0.3, -0.25) is 9.59 Å². The number of amides is 2. The number of rotatable bonds is 6. The van der Waals surface area contributed by atoms with E-state index in [4.69, 9.17) is 9.15 Å². The minimum absolute atomic E-state index is 0.175. The molecule has 8 heteroatoms. The normalized spacial score (nSPS) is 15.4. The molecule has 26 heavy (non-hydrogen) atoms. The van der Waals surface area contributed by atoms with Crippen molar-refractivity contribution in [2.75, 3.05) is 5.32 Å². The molecule has 7 nitrogen and oxygen atoms in total. The third-order valence-corrected chi connectivity index (χ3v) is 5.12. The molecule has 0 aliphatic heterocycles. The van der Waals surface area contributed by atoms with Gasteiger partial charge in [-0.25, -0.2) is 4.79 Å². The summed E-state index contributed by atoms with van der Waals surface area (Å²) in [5.74, 6) is -1.10. The average molecular weight is 376 g/mol. The van der Waals surface area contributed by atoms with E-state index in [2.05, 4.69) is 10.6 Å². The molecule has 0 spiro atoms. The van der Waals surface area contributed by atoms with E-state index < -0.39 is 18.0 Å². The van der Waals surface area contributed by atoms with Gasteiger partial charge in [-0.1, -0.05) is 12.8 Å². The van der Waals surface area contributed by atoms with Gasteiger partial charge in [0.2, 0.25) is 0 Å². The fourth-order valence-electron chi connectivity index (χ4n) is 2.76. The number of hydrogen-bond donors (Lipinski definition) is 2. The van der Waals surface area contributed by atoms with E-state index in [1.54, 1.807) is 31.2 Å². The van der Waals surface area contributed by atoms with Crippen LogP contribution in [0.3, 0.4) is 0 Å². The first-order valence-electron chi connectivity index (χ1n) is 8.49. The van der Waals surface area contributed by atoms with Crippen molar-refractivity contribution in [2.24, 2.45) is 0 Å². The zero-order valence-corrected chi connectivity index (χ0v) is 15.1.